The van der Waals surface area contributed by atoms with E-state index in [4.69, 9.17) is 0 Å². The van der Waals surface area contributed by atoms with Crippen LogP contribution in [0.3, 0.4) is 0 Å². The van der Waals surface area contributed by atoms with Crippen LogP contribution in [0.25, 0.3) is 17.0 Å². The highest BCUT2D eigenvalue weighted by Gasteiger charge is 2.16. The van der Waals surface area contributed by atoms with Gasteiger partial charge in [-0.3, -0.25) is 4.79 Å². The fourth-order valence-electron chi connectivity index (χ4n) is 2.00. The Hall–Kier alpha value is -2.94. The quantitative estimate of drug-likeness (QED) is 0.705. The van der Waals surface area contributed by atoms with Crippen molar-refractivity contribution in [2.24, 2.45) is 0 Å². The molecule has 1 aromatic carbocycles. The van der Waals surface area contributed by atoms with Gasteiger partial charge in [0.2, 0.25) is 5.78 Å². The van der Waals surface area contributed by atoms with Gasteiger partial charge in [0.15, 0.2) is 0 Å². The smallest absolute Gasteiger partial charge is 0.267 e. The molecule has 0 fully saturated rings. The van der Waals surface area contributed by atoms with Crippen LogP contribution in [0, 0.1) is 18.3 Å². The standard InChI is InChI=1S/C13H9N5O/c1-8-4-2-3-5-9(8)11-10(6-14)12(19)18-7-15-17-13(18)16-11/h2-5,7H,1H3,(H,16,17). The normalized spacial score (nSPS) is 10.5. The second kappa shape index (κ2) is 4.07. The molecule has 0 saturated heterocycles. The fraction of sp³-hybridized carbons (Fsp3) is 0.0769. The van der Waals surface area contributed by atoms with Crippen LogP contribution in [-0.4, -0.2) is 19.6 Å². The maximum absolute atomic E-state index is 12.2. The molecule has 2 aromatic heterocycles. The van der Waals surface area contributed by atoms with Crippen molar-refractivity contribution in [2.45, 2.75) is 6.92 Å². The van der Waals surface area contributed by atoms with E-state index < -0.39 is 5.56 Å². The maximum atomic E-state index is 12.2. The second-order valence-corrected chi connectivity index (χ2v) is 4.12. The van der Waals surface area contributed by atoms with E-state index in [2.05, 4.69) is 15.2 Å². The fourth-order valence-corrected chi connectivity index (χ4v) is 2.00. The van der Waals surface area contributed by atoms with E-state index in [1.165, 1.54) is 10.7 Å². The number of nitriles is 1. The van der Waals surface area contributed by atoms with E-state index in [9.17, 15) is 10.1 Å². The van der Waals surface area contributed by atoms with E-state index >= 15 is 0 Å². The van der Waals surface area contributed by atoms with Gasteiger partial charge >= 0.3 is 0 Å². The van der Waals surface area contributed by atoms with E-state index in [-0.39, 0.29) is 5.56 Å². The number of hydrogen-bond acceptors (Lipinski definition) is 4. The summed E-state index contributed by atoms with van der Waals surface area (Å²) in [5.74, 6) is 0.322. The van der Waals surface area contributed by atoms with Gasteiger partial charge in [-0.1, -0.05) is 24.3 Å². The Morgan fingerprint density at radius 1 is 1.37 bits per heavy atom. The second-order valence-electron chi connectivity index (χ2n) is 4.12. The van der Waals surface area contributed by atoms with Crippen LogP contribution in [0.1, 0.15) is 11.1 Å². The van der Waals surface area contributed by atoms with Crippen LogP contribution in [-0.2, 0) is 0 Å². The lowest BCUT2D eigenvalue weighted by Crippen LogP contribution is -2.18. The predicted octanol–water partition coefficient (Wildman–Crippen LogP) is 1.26. The van der Waals surface area contributed by atoms with Crippen LogP contribution >= 0.6 is 0 Å². The first-order valence-corrected chi connectivity index (χ1v) is 5.64. The van der Waals surface area contributed by atoms with Crippen LogP contribution < -0.4 is 5.56 Å². The van der Waals surface area contributed by atoms with Crippen LogP contribution in [0.4, 0.5) is 0 Å². The molecule has 0 bridgehead atoms. The number of nitrogens with zero attached hydrogens (tertiary/aromatic N) is 4. The summed E-state index contributed by atoms with van der Waals surface area (Å²) >= 11 is 0. The minimum Gasteiger partial charge on any atom is -0.267 e. The van der Waals surface area contributed by atoms with Crippen LogP contribution in [0.2, 0.25) is 0 Å². The van der Waals surface area contributed by atoms with E-state index in [1.807, 2.05) is 37.3 Å². The third-order valence-electron chi connectivity index (χ3n) is 2.97. The molecule has 0 aliphatic rings. The van der Waals surface area contributed by atoms with Crippen molar-refractivity contribution in [3.05, 3.63) is 52.1 Å². The molecular weight excluding hydrogens is 242 g/mol. The molecule has 0 radical (unpaired) electrons. The minimum absolute atomic E-state index is 0.0215. The number of benzene rings is 1. The van der Waals surface area contributed by atoms with Gasteiger partial charge in [0.25, 0.3) is 5.56 Å². The molecule has 0 unspecified atom stereocenters. The lowest BCUT2D eigenvalue weighted by molar-refractivity contribution is 1.04. The zero-order valence-corrected chi connectivity index (χ0v) is 10.1. The topological polar surface area (TPSA) is 86.8 Å². The van der Waals surface area contributed by atoms with Crippen molar-refractivity contribution in [2.75, 3.05) is 0 Å². The molecule has 3 aromatic rings. The van der Waals surface area contributed by atoms with Crippen molar-refractivity contribution >= 4 is 5.78 Å². The third-order valence-corrected chi connectivity index (χ3v) is 2.97. The van der Waals surface area contributed by atoms with Gasteiger partial charge in [-0.2, -0.15) is 10.4 Å². The van der Waals surface area contributed by atoms with Crippen molar-refractivity contribution < 1.29 is 0 Å². The number of aromatic amines is 1. The molecule has 19 heavy (non-hydrogen) atoms. The number of hydrogen-bond donors (Lipinski definition) is 1. The Morgan fingerprint density at radius 3 is 2.89 bits per heavy atom. The Balaban J connectivity index is 2.45. The lowest BCUT2D eigenvalue weighted by atomic mass is 10.0. The van der Waals surface area contributed by atoms with E-state index in [1.54, 1.807) is 0 Å². The summed E-state index contributed by atoms with van der Waals surface area (Å²) in [7, 11) is 0. The molecule has 0 aliphatic carbocycles. The zero-order chi connectivity index (χ0) is 13.4. The highest BCUT2D eigenvalue weighted by atomic mass is 16.1. The Labute approximate surface area is 108 Å². The lowest BCUT2D eigenvalue weighted by Gasteiger charge is -2.06. The molecule has 92 valence electrons. The average molecular weight is 251 g/mol. The summed E-state index contributed by atoms with van der Waals surface area (Å²) in [6.07, 6.45) is 1.31. The van der Waals surface area contributed by atoms with Crippen LogP contribution in [0.15, 0.2) is 35.4 Å². The first kappa shape index (κ1) is 11.2. The highest BCUT2D eigenvalue weighted by molar-refractivity contribution is 5.70. The van der Waals surface area contributed by atoms with Gasteiger partial charge in [0, 0.05) is 5.56 Å². The third kappa shape index (κ3) is 1.60. The molecule has 0 spiro atoms. The molecule has 6 heteroatoms. The molecule has 6 nitrogen and oxygen atoms in total. The number of nitrogens with one attached hydrogen (secondary N) is 1. The number of H-pyrrole nitrogens is 1. The largest absolute Gasteiger partial charge is 0.278 e. The number of rotatable bonds is 1. The van der Waals surface area contributed by atoms with Gasteiger partial charge in [0.1, 0.15) is 18.0 Å². The highest BCUT2D eigenvalue weighted by Crippen LogP contribution is 2.22. The molecular formula is C13H9N5O. The molecule has 3 rings (SSSR count). The van der Waals surface area contributed by atoms with Crippen LogP contribution in [0.5, 0.6) is 0 Å². The summed E-state index contributed by atoms with van der Waals surface area (Å²) in [5.41, 5.74) is 1.71. The number of fused-ring (bicyclic) bond motifs is 1. The monoisotopic (exact) mass is 251 g/mol. The predicted molar refractivity (Wildman–Crippen MR) is 68.5 cm³/mol. The van der Waals surface area contributed by atoms with Gasteiger partial charge in [0.05, 0.1) is 5.69 Å². The van der Waals surface area contributed by atoms with Gasteiger partial charge in [-0.15, -0.1) is 0 Å². The first-order valence-electron chi connectivity index (χ1n) is 5.64. The number of aromatic nitrogens is 4. The molecule has 0 aliphatic heterocycles. The zero-order valence-electron chi connectivity index (χ0n) is 10.1. The summed E-state index contributed by atoms with van der Waals surface area (Å²) < 4.78 is 1.22. The Bertz CT molecular complexity index is 869. The van der Waals surface area contributed by atoms with Crippen molar-refractivity contribution in [3.63, 3.8) is 0 Å². The van der Waals surface area contributed by atoms with Crippen molar-refractivity contribution in [1.29, 1.82) is 5.26 Å². The van der Waals surface area contributed by atoms with E-state index in [0.29, 0.717) is 11.5 Å². The van der Waals surface area contributed by atoms with Gasteiger partial charge < -0.3 is 0 Å². The first-order chi connectivity index (χ1) is 9.22. The van der Waals surface area contributed by atoms with Gasteiger partial charge in [-0.05, 0) is 12.5 Å². The van der Waals surface area contributed by atoms with Gasteiger partial charge in [-0.25, -0.2) is 14.5 Å². The summed E-state index contributed by atoms with van der Waals surface area (Å²) in [5, 5.41) is 15.6. The molecule has 1 N–H and O–H groups in total. The summed E-state index contributed by atoms with van der Waals surface area (Å²) in [4.78, 5) is 16.5. The molecule has 2 heterocycles. The number of aryl methyl sites for hydroxylation is 1. The maximum Gasteiger partial charge on any atom is 0.278 e. The average Bonchev–Trinajstić information content (AvgIpc) is 2.88. The Morgan fingerprint density at radius 2 is 2.16 bits per heavy atom. The molecule has 0 saturated carbocycles. The molecule has 0 atom stereocenters. The van der Waals surface area contributed by atoms with Crippen molar-refractivity contribution in [3.8, 4) is 17.3 Å². The summed E-state index contributed by atoms with van der Waals surface area (Å²) in [6, 6.07) is 9.42. The summed E-state index contributed by atoms with van der Waals surface area (Å²) in [6.45, 7) is 1.91. The van der Waals surface area contributed by atoms with Crippen molar-refractivity contribution in [1.82, 2.24) is 19.6 Å². The molecule has 0 amide bonds. The minimum atomic E-state index is -0.417. The van der Waals surface area contributed by atoms with E-state index in [0.717, 1.165) is 11.1 Å². The Kier molecular flexibility index (Phi) is 2.39. The SMILES string of the molecule is Cc1ccccc1-c1nc2[nH]ncn2c(=O)c1C#N.